The molecular formula is C15H13NS. The largest absolute Gasteiger partial charge is 0.265 e. The first-order valence-corrected chi connectivity index (χ1v) is 6.57. The van der Waals surface area contributed by atoms with Crippen LogP contribution in [-0.4, -0.2) is 5.71 Å². The Morgan fingerprint density at radius 2 is 1.88 bits per heavy atom. The van der Waals surface area contributed by atoms with E-state index >= 15 is 0 Å². The van der Waals surface area contributed by atoms with E-state index in [0.29, 0.717) is 0 Å². The van der Waals surface area contributed by atoms with E-state index in [0.717, 1.165) is 5.71 Å². The van der Waals surface area contributed by atoms with Crippen LogP contribution in [0.3, 0.4) is 0 Å². The molecule has 0 saturated carbocycles. The van der Waals surface area contributed by atoms with Crippen LogP contribution >= 0.6 is 11.8 Å². The molecule has 0 aromatic heterocycles. The summed E-state index contributed by atoms with van der Waals surface area (Å²) in [7, 11) is 0. The maximum Gasteiger partial charge on any atom is 0.126 e. The number of aliphatic imine (C=N–C) groups is 1. The third-order valence-electron chi connectivity index (χ3n) is 2.83. The Bertz CT molecular complexity index is 547. The van der Waals surface area contributed by atoms with Gasteiger partial charge in [0.05, 0.1) is 5.71 Å². The number of benzene rings is 1. The number of thioether (sulfide) groups is 1. The van der Waals surface area contributed by atoms with Gasteiger partial charge in [-0.05, 0) is 24.6 Å². The van der Waals surface area contributed by atoms with E-state index in [1.165, 1.54) is 16.0 Å². The highest BCUT2D eigenvalue weighted by atomic mass is 32.2. The fraction of sp³-hybridized carbons (Fsp3) is 0.133. The van der Waals surface area contributed by atoms with Crippen molar-refractivity contribution >= 4 is 17.5 Å². The number of hydrogen-bond donors (Lipinski definition) is 0. The molecule has 3 rings (SSSR count). The quantitative estimate of drug-likeness (QED) is 0.715. The maximum atomic E-state index is 4.75. The van der Waals surface area contributed by atoms with E-state index in [-0.39, 0.29) is 5.37 Å². The van der Waals surface area contributed by atoms with Crippen LogP contribution in [-0.2, 0) is 0 Å². The van der Waals surface area contributed by atoms with Gasteiger partial charge in [0.15, 0.2) is 0 Å². The standard InChI is InChI=1S/C15H13NS/c1-11-7-9-12(10-8-11)15-16-13-5-3-2-4-6-14(13)17-15/h2-10,15H,1H3. The predicted octanol–water partition coefficient (Wildman–Crippen LogP) is 4.19. The van der Waals surface area contributed by atoms with Crippen molar-refractivity contribution in [2.75, 3.05) is 0 Å². The summed E-state index contributed by atoms with van der Waals surface area (Å²) in [5, 5.41) is 0.216. The van der Waals surface area contributed by atoms with Crippen molar-refractivity contribution in [1.82, 2.24) is 0 Å². The van der Waals surface area contributed by atoms with Crippen LogP contribution in [0.15, 0.2) is 64.5 Å². The van der Waals surface area contributed by atoms with Crippen molar-refractivity contribution in [3.05, 3.63) is 70.7 Å². The van der Waals surface area contributed by atoms with Gasteiger partial charge >= 0.3 is 0 Å². The summed E-state index contributed by atoms with van der Waals surface area (Å²) >= 11 is 1.82. The van der Waals surface area contributed by atoms with Gasteiger partial charge in [-0.2, -0.15) is 0 Å². The SMILES string of the molecule is Cc1ccc(C2N=C3C=CC=CC=C3S2)cc1. The normalized spacial score (nSPS) is 21.8. The minimum Gasteiger partial charge on any atom is -0.265 e. The van der Waals surface area contributed by atoms with Crippen LogP contribution in [0, 0.1) is 6.92 Å². The molecule has 2 heteroatoms. The molecule has 84 valence electrons. The van der Waals surface area contributed by atoms with Crippen LogP contribution < -0.4 is 0 Å². The summed E-state index contributed by atoms with van der Waals surface area (Å²) in [6.07, 6.45) is 10.4. The van der Waals surface area contributed by atoms with Crippen molar-refractivity contribution in [2.45, 2.75) is 12.3 Å². The lowest BCUT2D eigenvalue weighted by atomic mass is 10.1. The van der Waals surface area contributed by atoms with E-state index < -0.39 is 0 Å². The predicted molar refractivity (Wildman–Crippen MR) is 75.3 cm³/mol. The molecule has 1 unspecified atom stereocenters. The molecule has 1 atom stereocenters. The lowest BCUT2D eigenvalue weighted by Gasteiger charge is -2.06. The summed E-state index contributed by atoms with van der Waals surface area (Å²) in [5.41, 5.74) is 3.67. The fourth-order valence-electron chi connectivity index (χ4n) is 1.87. The topological polar surface area (TPSA) is 12.4 Å². The molecule has 0 saturated heterocycles. The summed E-state index contributed by atoms with van der Waals surface area (Å²) < 4.78 is 0. The first-order valence-electron chi connectivity index (χ1n) is 5.69. The molecule has 1 aliphatic heterocycles. The van der Waals surface area contributed by atoms with Crippen molar-refractivity contribution in [3.63, 3.8) is 0 Å². The number of hydrogen-bond acceptors (Lipinski definition) is 2. The fourth-order valence-corrected chi connectivity index (χ4v) is 2.97. The van der Waals surface area contributed by atoms with Crippen LogP contribution in [0.2, 0.25) is 0 Å². The third kappa shape index (κ3) is 2.13. The molecule has 0 bridgehead atoms. The Morgan fingerprint density at radius 1 is 1.06 bits per heavy atom. The number of aryl methyl sites for hydroxylation is 1. The summed E-state index contributed by atoms with van der Waals surface area (Å²) in [4.78, 5) is 6.02. The molecule has 17 heavy (non-hydrogen) atoms. The molecule has 0 fully saturated rings. The molecule has 0 spiro atoms. The van der Waals surface area contributed by atoms with E-state index in [1.54, 1.807) is 0 Å². The zero-order valence-electron chi connectivity index (χ0n) is 9.63. The monoisotopic (exact) mass is 239 g/mol. The Kier molecular flexibility index (Phi) is 2.73. The van der Waals surface area contributed by atoms with Gasteiger partial charge in [-0.3, -0.25) is 4.99 Å². The molecule has 0 N–H and O–H groups in total. The smallest absolute Gasteiger partial charge is 0.126 e. The highest BCUT2D eigenvalue weighted by Crippen LogP contribution is 2.43. The maximum absolute atomic E-state index is 4.75. The van der Waals surface area contributed by atoms with E-state index in [2.05, 4.69) is 49.4 Å². The molecule has 1 aromatic carbocycles. The summed E-state index contributed by atoms with van der Waals surface area (Å²) in [6.45, 7) is 2.11. The van der Waals surface area contributed by atoms with Crippen molar-refractivity contribution < 1.29 is 0 Å². The minimum absolute atomic E-state index is 0.216. The van der Waals surface area contributed by atoms with Crippen LogP contribution in [0.5, 0.6) is 0 Å². The van der Waals surface area contributed by atoms with Gasteiger partial charge in [0.1, 0.15) is 5.37 Å². The highest BCUT2D eigenvalue weighted by molar-refractivity contribution is 8.04. The molecule has 2 aliphatic rings. The number of nitrogens with zero attached hydrogens (tertiary/aromatic N) is 1. The van der Waals surface area contributed by atoms with Gasteiger partial charge in [0.25, 0.3) is 0 Å². The lowest BCUT2D eigenvalue weighted by Crippen LogP contribution is -1.87. The summed E-state index contributed by atoms with van der Waals surface area (Å²) in [5.74, 6) is 0. The van der Waals surface area contributed by atoms with Gasteiger partial charge in [0, 0.05) is 4.91 Å². The average Bonchev–Trinajstić information content (AvgIpc) is 2.62. The van der Waals surface area contributed by atoms with Gasteiger partial charge < -0.3 is 0 Å². The second kappa shape index (κ2) is 4.38. The van der Waals surface area contributed by atoms with Crippen molar-refractivity contribution in [1.29, 1.82) is 0 Å². The van der Waals surface area contributed by atoms with Gasteiger partial charge in [-0.1, -0.05) is 59.8 Å². The van der Waals surface area contributed by atoms with E-state index in [9.17, 15) is 0 Å². The second-order valence-corrected chi connectivity index (χ2v) is 5.29. The molecule has 1 aliphatic carbocycles. The summed E-state index contributed by atoms with van der Waals surface area (Å²) in [6, 6.07) is 8.63. The average molecular weight is 239 g/mol. The lowest BCUT2D eigenvalue weighted by molar-refractivity contribution is 1.05. The van der Waals surface area contributed by atoms with Crippen LogP contribution in [0.1, 0.15) is 16.5 Å². The molecule has 1 heterocycles. The number of fused-ring (bicyclic) bond motifs is 1. The third-order valence-corrected chi connectivity index (χ3v) is 4.03. The molecule has 1 nitrogen and oxygen atoms in total. The zero-order valence-corrected chi connectivity index (χ0v) is 10.4. The van der Waals surface area contributed by atoms with Crippen LogP contribution in [0.4, 0.5) is 0 Å². The van der Waals surface area contributed by atoms with Gasteiger partial charge in [-0.15, -0.1) is 0 Å². The highest BCUT2D eigenvalue weighted by Gasteiger charge is 2.23. The minimum atomic E-state index is 0.216. The first-order chi connectivity index (χ1) is 8.33. The number of allylic oxidation sites excluding steroid dienone is 6. The molecule has 1 aromatic rings. The van der Waals surface area contributed by atoms with Gasteiger partial charge in [0.2, 0.25) is 0 Å². The van der Waals surface area contributed by atoms with E-state index in [4.69, 9.17) is 4.99 Å². The Hall–Kier alpha value is -1.54. The Balaban J connectivity index is 1.92. The second-order valence-electron chi connectivity index (χ2n) is 4.17. The van der Waals surface area contributed by atoms with Crippen molar-refractivity contribution in [2.24, 2.45) is 4.99 Å². The molecule has 0 radical (unpaired) electrons. The Labute approximate surface area is 106 Å². The van der Waals surface area contributed by atoms with Crippen LogP contribution in [0.25, 0.3) is 0 Å². The zero-order chi connectivity index (χ0) is 11.7. The van der Waals surface area contributed by atoms with E-state index in [1.807, 2.05) is 23.9 Å². The Morgan fingerprint density at radius 3 is 2.71 bits per heavy atom. The van der Waals surface area contributed by atoms with Crippen molar-refractivity contribution in [3.8, 4) is 0 Å². The molecular weight excluding hydrogens is 226 g/mol. The first kappa shape index (κ1) is 10.6. The van der Waals surface area contributed by atoms with Gasteiger partial charge in [-0.25, -0.2) is 0 Å². The molecule has 0 amide bonds. The number of rotatable bonds is 1.